The molecule has 0 aliphatic heterocycles. The monoisotopic (exact) mass is 336 g/mol. The van der Waals surface area contributed by atoms with E-state index in [-0.39, 0.29) is 33.4 Å². The summed E-state index contributed by atoms with van der Waals surface area (Å²) in [5, 5.41) is 9.18. The molecule has 1 N–H and O–H groups in total. The van der Waals surface area contributed by atoms with Crippen LogP contribution in [0.1, 0.15) is 39.0 Å². The van der Waals surface area contributed by atoms with Crippen molar-refractivity contribution in [1.29, 1.82) is 0 Å². The molecule has 0 spiro atoms. The summed E-state index contributed by atoms with van der Waals surface area (Å²) in [6.45, 7) is 1.91. The molecule has 1 saturated carbocycles. The predicted octanol–water partition coefficient (Wildman–Crippen LogP) is 1.57. The van der Waals surface area contributed by atoms with Crippen molar-refractivity contribution in [3.05, 3.63) is 0 Å². The molecule has 1 fully saturated rings. The fourth-order valence-corrected chi connectivity index (χ4v) is 1.62. The normalized spacial score (nSPS) is 23.4. The second-order valence-electron chi connectivity index (χ2n) is 3.14. The second-order valence-corrected chi connectivity index (χ2v) is 3.14. The van der Waals surface area contributed by atoms with E-state index >= 15 is 0 Å². The number of hydrogen-bond donors (Lipinski definition) is 1. The van der Waals surface area contributed by atoms with Crippen LogP contribution in [0.5, 0.6) is 0 Å². The first kappa shape index (κ1) is 10.9. The molecule has 2 heteroatoms. The Labute approximate surface area is 83.4 Å². The zero-order valence-electron chi connectivity index (χ0n) is 6.64. The van der Waals surface area contributed by atoms with Gasteiger partial charge in [0.25, 0.3) is 0 Å². The van der Waals surface area contributed by atoms with Crippen LogP contribution in [0.4, 0.5) is 0 Å². The molecule has 0 heterocycles. The molecule has 0 aromatic carbocycles. The Bertz CT molecular complexity index is 77.3. The van der Waals surface area contributed by atoms with Crippen molar-refractivity contribution >= 4 is 27.3 Å². The fourth-order valence-electron chi connectivity index (χ4n) is 1.62. The van der Waals surface area contributed by atoms with E-state index in [1.54, 1.807) is 0 Å². The van der Waals surface area contributed by atoms with Crippen LogP contribution in [-0.4, -0.2) is 38.5 Å². The minimum absolute atomic E-state index is 0. The summed E-state index contributed by atoms with van der Waals surface area (Å²) < 4.78 is 0. The number of aliphatic hydroxyl groups excluding tert-OH is 1. The van der Waals surface area contributed by atoms with Crippen LogP contribution >= 0.6 is 0 Å². The van der Waals surface area contributed by atoms with E-state index < -0.39 is 0 Å². The van der Waals surface area contributed by atoms with E-state index in [0.29, 0.717) is 5.92 Å². The van der Waals surface area contributed by atoms with Gasteiger partial charge in [-0.3, -0.25) is 0 Å². The van der Waals surface area contributed by atoms with Crippen molar-refractivity contribution in [3.8, 4) is 0 Å². The summed E-state index contributed by atoms with van der Waals surface area (Å²) in [7, 11) is 0. The Hall–Kier alpha value is 0.882. The summed E-state index contributed by atoms with van der Waals surface area (Å²) in [6.07, 6.45) is 6.47. The topological polar surface area (TPSA) is 20.2 Å². The molecular formula is C8H16OPb. The van der Waals surface area contributed by atoms with Gasteiger partial charge >= 0.3 is 0 Å². The number of aliphatic hydroxyl groups is 1. The summed E-state index contributed by atoms with van der Waals surface area (Å²) in [5.74, 6) is 0.610. The van der Waals surface area contributed by atoms with Crippen LogP contribution in [0.3, 0.4) is 0 Å². The third kappa shape index (κ3) is 3.33. The maximum Gasteiger partial charge on any atom is 0.0540 e. The molecule has 58 valence electrons. The van der Waals surface area contributed by atoms with Crippen molar-refractivity contribution in [3.63, 3.8) is 0 Å². The van der Waals surface area contributed by atoms with Gasteiger partial charge in [-0.15, -0.1) is 0 Å². The Morgan fingerprint density at radius 1 is 1.20 bits per heavy atom. The Balaban J connectivity index is 0.000000810. The van der Waals surface area contributed by atoms with Crippen molar-refractivity contribution in [2.75, 3.05) is 0 Å². The van der Waals surface area contributed by atoms with Gasteiger partial charge in [0.15, 0.2) is 0 Å². The van der Waals surface area contributed by atoms with Crippen LogP contribution in [-0.2, 0) is 0 Å². The molecule has 4 radical (unpaired) electrons. The molecule has 1 aliphatic carbocycles. The van der Waals surface area contributed by atoms with Gasteiger partial charge in [-0.1, -0.05) is 19.3 Å². The van der Waals surface area contributed by atoms with E-state index in [0.717, 1.165) is 0 Å². The standard InChI is InChI=1S/C8H16O.Pb/c1-7(9)8-5-3-2-4-6-8;/h7-9H,2-6H2,1H3;. The third-order valence-electron chi connectivity index (χ3n) is 2.33. The molecule has 0 bridgehead atoms. The molecule has 1 rings (SSSR count). The minimum atomic E-state index is -0.0645. The molecule has 0 aromatic heterocycles. The maximum absolute atomic E-state index is 9.18. The van der Waals surface area contributed by atoms with Crippen LogP contribution < -0.4 is 0 Å². The van der Waals surface area contributed by atoms with Gasteiger partial charge in [0.05, 0.1) is 6.10 Å². The Morgan fingerprint density at radius 2 is 1.70 bits per heavy atom. The molecule has 1 unspecified atom stereocenters. The molecule has 1 aliphatic rings. The van der Waals surface area contributed by atoms with E-state index in [2.05, 4.69) is 0 Å². The van der Waals surface area contributed by atoms with E-state index in [1.807, 2.05) is 6.92 Å². The van der Waals surface area contributed by atoms with Gasteiger partial charge in [-0.25, -0.2) is 0 Å². The van der Waals surface area contributed by atoms with Gasteiger partial charge in [-0.2, -0.15) is 0 Å². The average molecular weight is 335 g/mol. The van der Waals surface area contributed by atoms with Crippen molar-refractivity contribution < 1.29 is 5.11 Å². The quantitative estimate of drug-likeness (QED) is 0.721. The first-order valence-electron chi connectivity index (χ1n) is 3.99. The summed E-state index contributed by atoms with van der Waals surface area (Å²) in [6, 6.07) is 0. The van der Waals surface area contributed by atoms with Gasteiger partial charge < -0.3 is 5.11 Å². The van der Waals surface area contributed by atoms with Crippen molar-refractivity contribution in [2.24, 2.45) is 5.92 Å². The van der Waals surface area contributed by atoms with Crippen LogP contribution in [0.2, 0.25) is 0 Å². The van der Waals surface area contributed by atoms with Gasteiger partial charge in [-0.05, 0) is 25.7 Å². The maximum atomic E-state index is 9.18. The summed E-state index contributed by atoms with van der Waals surface area (Å²) in [5.41, 5.74) is 0. The Kier molecular flexibility index (Phi) is 6.01. The zero-order valence-corrected chi connectivity index (χ0v) is 10.5. The Morgan fingerprint density at radius 3 is 2.00 bits per heavy atom. The van der Waals surface area contributed by atoms with Gasteiger partial charge in [0.2, 0.25) is 0 Å². The third-order valence-corrected chi connectivity index (χ3v) is 2.33. The van der Waals surface area contributed by atoms with Crippen LogP contribution in [0, 0.1) is 5.92 Å². The molecule has 0 saturated heterocycles. The smallest absolute Gasteiger partial charge is 0.0540 e. The first-order valence-corrected chi connectivity index (χ1v) is 3.99. The molecule has 10 heavy (non-hydrogen) atoms. The van der Waals surface area contributed by atoms with E-state index in [4.69, 9.17) is 0 Å². The van der Waals surface area contributed by atoms with E-state index in [1.165, 1.54) is 32.1 Å². The molecule has 0 aromatic rings. The summed E-state index contributed by atoms with van der Waals surface area (Å²) >= 11 is 0. The van der Waals surface area contributed by atoms with E-state index in [9.17, 15) is 5.11 Å². The largest absolute Gasteiger partial charge is 0.393 e. The minimum Gasteiger partial charge on any atom is -0.393 e. The number of rotatable bonds is 1. The van der Waals surface area contributed by atoms with Crippen LogP contribution in [0.15, 0.2) is 0 Å². The molecular weight excluding hydrogens is 319 g/mol. The summed E-state index contributed by atoms with van der Waals surface area (Å²) in [4.78, 5) is 0. The van der Waals surface area contributed by atoms with Crippen molar-refractivity contribution in [1.82, 2.24) is 0 Å². The van der Waals surface area contributed by atoms with Crippen LogP contribution in [0.25, 0.3) is 0 Å². The zero-order chi connectivity index (χ0) is 6.69. The molecule has 1 nitrogen and oxygen atoms in total. The molecule has 1 atom stereocenters. The SMILES string of the molecule is CC(O)C1CCCCC1.[Pb]. The predicted molar refractivity (Wildman–Crippen MR) is 44.0 cm³/mol. The van der Waals surface area contributed by atoms with Gasteiger partial charge in [0.1, 0.15) is 0 Å². The van der Waals surface area contributed by atoms with Crippen molar-refractivity contribution in [2.45, 2.75) is 45.1 Å². The number of hydrogen-bond acceptors (Lipinski definition) is 1. The first-order chi connectivity index (χ1) is 4.30. The second kappa shape index (κ2) is 5.52. The van der Waals surface area contributed by atoms with Gasteiger partial charge in [0, 0.05) is 27.3 Å². The fraction of sp³-hybridized carbons (Fsp3) is 1.00. The molecule has 0 amide bonds. The average Bonchev–Trinajstić information content (AvgIpc) is 1.90.